The number of anilines is 1. The van der Waals surface area contributed by atoms with E-state index in [0.717, 1.165) is 48.8 Å². The van der Waals surface area contributed by atoms with Gasteiger partial charge in [-0.2, -0.15) is 0 Å². The van der Waals surface area contributed by atoms with Crippen LogP contribution in [-0.2, 0) is 11.2 Å². The highest BCUT2D eigenvalue weighted by Gasteiger charge is 2.25. The number of likely N-dealkylation sites (N-methyl/N-ethyl adjacent to an activating group) is 1. The van der Waals surface area contributed by atoms with Crippen molar-refractivity contribution in [2.45, 2.75) is 38.7 Å². The molecule has 3 rings (SSSR count). The summed E-state index contributed by atoms with van der Waals surface area (Å²) in [5.74, 6) is 0.899. The Labute approximate surface area is 132 Å². The SMILES string of the molecule is CC1CCCN(CCC(O)c2ccc3c(c2)CC(=O)N3C)C1. The molecule has 4 heteroatoms. The Balaban J connectivity index is 1.60. The summed E-state index contributed by atoms with van der Waals surface area (Å²) in [7, 11) is 1.81. The molecule has 2 heterocycles. The first-order valence-corrected chi connectivity index (χ1v) is 8.34. The van der Waals surface area contributed by atoms with E-state index in [0.29, 0.717) is 6.42 Å². The zero-order valence-electron chi connectivity index (χ0n) is 13.6. The van der Waals surface area contributed by atoms with Crippen molar-refractivity contribution in [1.82, 2.24) is 4.90 Å². The van der Waals surface area contributed by atoms with Gasteiger partial charge in [-0.25, -0.2) is 0 Å². The molecule has 1 aromatic rings. The maximum absolute atomic E-state index is 11.7. The molecule has 2 aliphatic rings. The predicted octanol–water partition coefficient (Wildman–Crippen LogP) is 2.36. The van der Waals surface area contributed by atoms with Crippen molar-refractivity contribution in [2.75, 3.05) is 31.6 Å². The molecule has 1 saturated heterocycles. The van der Waals surface area contributed by atoms with Crippen LogP contribution < -0.4 is 4.90 Å². The molecule has 22 heavy (non-hydrogen) atoms. The summed E-state index contributed by atoms with van der Waals surface area (Å²) in [6.07, 6.45) is 3.37. The minimum atomic E-state index is -0.441. The number of hydrogen-bond donors (Lipinski definition) is 1. The first-order chi connectivity index (χ1) is 10.5. The maximum Gasteiger partial charge on any atom is 0.231 e. The summed E-state index contributed by atoms with van der Waals surface area (Å²) in [5.41, 5.74) is 2.95. The van der Waals surface area contributed by atoms with Gasteiger partial charge in [0.25, 0.3) is 0 Å². The number of benzene rings is 1. The molecule has 1 amide bonds. The van der Waals surface area contributed by atoms with Crippen LogP contribution in [0.5, 0.6) is 0 Å². The maximum atomic E-state index is 11.7. The molecule has 4 nitrogen and oxygen atoms in total. The van der Waals surface area contributed by atoms with Crippen molar-refractivity contribution in [3.8, 4) is 0 Å². The second kappa shape index (κ2) is 6.39. The van der Waals surface area contributed by atoms with Crippen LogP contribution in [0, 0.1) is 5.92 Å². The third-order valence-electron chi connectivity index (χ3n) is 5.03. The predicted molar refractivity (Wildman–Crippen MR) is 88.0 cm³/mol. The molecule has 0 aliphatic carbocycles. The Morgan fingerprint density at radius 1 is 1.41 bits per heavy atom. The van der Waals surface area contributed by atoms with Crippen molar-refractivity contribution < 1.29 is 9.90 Å². The number of likely N-dealkylation sites (tertiary alicyclic amines) is 1. The Morgan fingerprint density at radius 2 is 2.23 bits per heavy atom. The number of rotatable bonds is 4. The van der Waals surface area contributed by atoms with Gasteiger partial charge in [0.1, 0.15) is 0 Å². The molecule has 2 atom stereocenters. The summed E-state index contributed by atoms with van der Waals surface area (Å²) >= 11 is 0. The van der Waals surface area contributed by atoms with Crippen molar-refractivity contribution in [3.63, 3.8) is 0 Å². The van der Waals surface area contributed by atoms with Crippen LogP contribution >= 0.6 is 0 Å². The van der Waals surface area contributed by atoms with E-state index in [1.165, 1.54) is 12.8 Å². The summed E-state index contributed by atoms with van der Waals surface area (Å²) in [4.78, 5) is 15.9. The van der Waals surface area contributed by atoms with Crippen LogP contribution in [0.1, 0.15) is 43.4 Å². The van der Waals surface area contributed by atoms with Gasteiger partial charge in [0, 0.05) is 25.8 Å². The number of fused-ring (bicyclic) bond motifs is 1. The van der Waals surface area contributed by atoms with Crippen LogP contribution in [0.2, 0.25) is 0 Å². The third-order valence-corrected chi connectivity index (χ3v) is 5.03. The molecular weight excluding hydrogens is 276 g/mol. The highest BCUT2D eigenvalue weighted by molar-refractivity contribution is 6.00. The quantitative estimate of drug-likeness (QED) is 0.928. The highest BCUT2D eigenvalue weighted by atomic mass is 16.3. The van der Waals surface area contributed by atoms with E-state index < -0.39 is 6.10 Å². The number of carbonyl (C=O) groups excluding carboxylic acids is 1. The fourth-order valence-electron chi connectivity index (χ4n) is 3.66. The number of aliphatic hydroxyl groups excluding tert-OH is 1. The molecule has 0 spiro atoms. The normalized spacial score (nSPS) is 23.7. The van der Waals surface area contributed by atoms with Crippen LogP contribution in [0.15, 0.2) is 18.2 Å². The van der Waals surface area contributed by atoms with Crippen molar-refractivity contribution in [3.05, 3.63) is 29.3 Å². The van der Waals surface area contributed by atoms with E-state index in [1.807, 2.05) is 25.2 Å². The van der Waals surface area contributed by atoms with E-state index in [2.05, 4.69) is 11.8 Å². The largest absolute Gasteiger partial charge is 0.388 e. The summed E-state index contributed by atoms with van der Waals surface area (Å²) in [6.45, 7) is 5.55. The number of nitrogens with zero attached hydrogens (tertiary/aromatic N) is 2. The van der Waals surface area contributed by atoms with Gasteiger partial charge in [-0.05, 0) is 48.9 Å². The van der Waals surface area contributed by atoms with Crippen LogP contribution in [0.4, 0.5) is 5.69 Å². The first-order valence-electron chi connectivity index (χ1n) is 8.34. The average Bonchev–Trinajstić information content (AvgIpc) is 2.79. The third kappa shape index (κ3) is 3.18. The lowest BCUT2D eigenvalue weighted by Crippen LogP contribution is -2.35. The molecule has 120 valence electrons. The van der Waals surface area contributed by atoms with Gasteiger partial charge in [-0.15, -0.1) is 0 Å². The smallest absolute Gasteiger partial charge is 0.231 e. The molecule has 0 bridgehead atoms. The molecule has 1 N–H and O–H groups in total. The average molecular weight is 302 g/mol. The van der Waals surface area contributed by atoms with Gasteiger partial charge in [-0.3, -0.25) is 4.79 Å². The zero-order chi connectivity index (χ0) is 15.7. The van der Waals surface area contributed by atoms with Crippen molar-refractivity contribution in [2.24, 2.45) is 5.92 Å². The number of piperidine rings is 1. The Hall–Kier alpha value is -1.39. The van der Waals surface area contributed by atoms with Gasteiger partial charge in [0.2, 0.25) is 5.91 Å². The summed E-state index contributed by atoms with van der Waals surface area (Å²) in [5, 5.41) is 10.5. The first kappa shape index (κ1) is 15.5. The molecule has 0 radical (unpaired) electrons. The molecular formula is C18H26N2O2. The summed E-state index contributed by atoms with van der Waals surface area (Å²) < 4.78 is 0. The fraction of sp³-hybridized carbons (Fsp3) is 0.611. The number of aliphatic hydroxyl groups is 1. The molecule has 2 unspecified atom stereocenters. The molecule has 1 aromatic carbocycles. The van der Waals surface area contributed by atoms with E-state index in [9.17, 15) is 9.90 Å². The highest BCUT2D eigenvalue weighted by Crippen LogP contribution is 2.31. The minimum Gasteiger partial charge on any atom is -0.388 e. The molecule has 2 aliphatic heterocycles. The second-order valence-corrected chi connectivity index (χ2v) is 6.87. The van der Waals surface area contributed by atoms with Gasteiger partial charge in [0.05, 0.1) is 12.5 Å². The standard InChI is InChI=1S/C18H26N2O2/c1-13-4-3-8-20(12-13)9-7-17(21)14-5-6-16-15(10-14)11-18(22)19(16)2/h5-6,10,13,17,21H,3-4,7-9,11-12H2,1-2H3. The summed E-state index contributed by atoms with van der Waals surface area (Å²) in [6, 6.07) is 5.92. The van der Waals surface area contributed by atoms with Crippen LogP contribution in [0.3, 0.4) is 0 Å². The van der Waals surface area contributed by atoms with E-state index in [4.69, 9.17) is 0 Å². The van der Waals surface area contributed by atoms with Gasteiger partial charge < -0.3 is 14.9 Å². The topological polar surface area (TPSA) is 43.8 Å². The van der Waals surface area contributed by atoms with Crippen LogP contribution in [0.25, 0.3) is 0 Å². The van der Waals surface area contributed by atoms with Crippen LogP contribution in [-0.4, -0.2) is 42.6 Å². The Morgan fingerprint density at radius 3 is 3.00 bits per heavy atom. The second-order valence-electron chi connectivity index (χ2n) is 6.87. The Bertz CT molecular complexity index is 558. The lowest BCUT2D eigenvalue weighted by atomic mass is 9.98. The van der Waals surface area contributed by atoms with E-state index >= 15 is 0 Å². The lowest BCUT2D eigenvalue weighted by molar-refractivity contribution is -0.117. The number of hydrogen-bond acceptors (Lipinski definition) is 3. The van der Waals surface area contributed by atoms with E-state index in [1.54, 1.807) is 4.90 Å². The molecule has 0 saturated carbocycles. The van der Waals surface area contributed by atoms with Crippen molar-refractivity contribution >= 4 is 11.6 Å². The van der Waals surface area contributed by atoms with Gasteiger partial charge in [0.15, 0.2) is 0 Å². The molecule has 0 aromatic heterocycles. The minimum absolute atomic E-state index is 0.129. The number of amides is 1. The number of carbonyl (C=O) groups is 1. The van der Waals surface area contributed by atoms with Gasteiger partial charge >= 0.3 is 0 Å². The lowest BCUT2D eigenvalue weighted by Gasteiger charge is -2.31. The Kier molecular flexibility index (Phi) is 4.50. The fourth-order valence-corrected chi connectivity index (χ4v) is 3.66. The molecule has 1 fully saturated rings. The monoisotopic (exact) mass is 302 g/mol. The van der Waals surface area contributed by atoms with Crippen molar-refractivity contribution in [1.29, 1.82) is 0 Å². The van der Waals surface area contributed by atoms with E-state index in [-0.39, 0.29) is 5.91 Å². The zero-order valence-corrected chi connectivity index (χ0v) is 13.6. The van der Waals surface area contributed by atoms with Gasteiger partial charge in [-0.1, -0.05) is 19.1 Å².